The molecule has 1 amide bonds. The monoisotopic (exact) mass is 282 g/mol. The molecule has 112 valence electrons. The number of carbonyl (C=O) groups is 1. The van der Waals surface area contributed by atoms with Crippen molar-refractivity contribution in [3.05, 3.63) is 30.3 Å². The Bertz CT molecular complexity index is 403. The largest absolute Gasteiger partial charge is 0.444 e. The third-order valence-electron chi connectivity index (χ3n) is 2.19. The molecule has 20 heavy (non-hydrogen) atoms. The van der Waals surface area contributed by atoms with Gasteiger partial charge in [0, 0.05) is 0 Å². The Labute approximate surface area is 119 Å². The first-order chi connectivity index (χ1) is 9.40. The summed E-state index contributed by atoms with van der Waals surface area (Å²) in [7, 11) is 0. The number of hydrogen-bond donors (Lipinski definition) is 3. The van der Waals surface area contributed by atoms with Crippen LogP contribution >= 0.6 is 0 Å². The normalized spacial score (nSPS) is 12.6. The van der Waals surface area contributed by atoms with Gasteiger partial charge in [-0.1, -0.05) is 18.2 Å². The van der Waals surface area contributed by atoms with Gasteiger partial charge in [-0.15, -0.1) is 0 Å². The zero-order valence-electron chi connectivity index (χ0n) is 12.1. The minimum Gasteiger partial charge on any atom is -0.444 e. The summed E-state index contributed by atoms with van der Waals surface area (Å²) in [6.45, 7) is 5.26. The topological polar surface area (TPSA) is 79.8 Å². The number of anilines is 1. The molecule has 1 aromatic rings. The maximum Gasteiger partial charge on any atom is 0.407 e. The summed E-state index contributed by atoms with van der Waals surface area (Å²) in [5.74, 6) is 0. The van der Waals surface area contributed by atoms with E-state index in [4.69, 9.17) is 9.57 Å². The number of para-hydroxylation sites is 1. The van der Waals surface area contributed by atoms with Gasteiger partial charge >= 0.3 is 6.09 Å². The molecule has 0 bridgehead atoms. The van der Waals surface area contributed by atoms with E-state index in [0.29, 0.717) is 0 Å². The van der Waals surface area contributed by atoms with Crippen molar-refractivity contribution in [2.45, 2.75) is 32.5 Å². The molecule has 1 aromatic carbocycles. The first-order valence-corrected chi connectivity index (χ1v) is 6.45. The molecule has 0 aliphatic rings. The molecule has 0 saturated carbocycles. The molecular weight excluding hydrogens is 260 g/mol. The number of alkyl carbamates (subject to hydrolysis) is 1. The van der Waals surface area contributed by atoms with Crippen molar-refractivity contribution in [2.75, 3.05) is 18.6 Å². The summed E-state index contributed by atoms with van der Waals surface area (Å²) >= 11 is 0. The molecule has 6 nitrogen and oxygen atoms in total. The SMILES string of the molecule is CC(C)(C)OC(=O)NCC(CO)ONc1ccccc1. The predicted octanol–water partition coefficient (Wildman–Crippen LogP) is 1.92. The minimum atomic E-state index is -0.567. The van der Waals surface area contributed by atoms with E-state index in [1.54, 1.807) is 20.8 Å². The van der Waals surface area contributed by atoms with Crippen LogP contribution in [-0.2, 0) is 9.57 Å². The Morgan fingerprint density at radius 1 is 1.30 bits per heavy atom. The fourth-order valence-electron chi connectivity index (χ4n) is 1.31. The maximum absolute atomic E-state index is 11.5. The number of amides is 1. The van der Waals surface area contributed by atoms with Crippen molar-refractivity contribution in [2.24, 2.45) is 0 Å². The quantitative estimate of drug-likeness (QED) is 0.695. The maximum atomic E-state index is 11.5. The highest BCUT2D eigenvalue weighted by atomic mass is 16.7. The number of aliphatic hydroxyl groups excluding tert-OH is 1. The van der Waals surface area contributed by atoms with E-state index in [0.717, 1.165) is 5.69 Å². The lowest BCUT2D eigenvalue weighted by Gasteiger charge is -2.21. The van der Waals surface area contributed by atoms with Gasteiger partial charge in [-0.05, 0) is 32.9 Å². The molecule has 1 unspecified atom stereocenters. The second kappa shape index (κ2) is 7.72. The van der Waals surface area contributed by atoms with E-state index in [9.17, 15) is 9.90 Å². The lowest BCUT2D eigenvalue weighted by molar-refractivity contribution is 0.0319. The van der Waals surface area contributed by atoms with Crippen molar-refractivity contribution in [1.82, 2.24) is 5.32 Å². The second-order valence-corrected chi connectivity index (χ2v) is 5.27. The fourth-order valence-corrected chi connectivity index (χ4v) is 1.31. The van der Waals surface area contributed by atoms with Gasteiger partial charge in [0.15, 0.2) is 0 Å². The Morgan fingerprint density at radius 2 is 1.95 bits per heavy atom. The molecule has 0 saturated heterocycles. The van der Waals surface area contributed by atoms with Gasteiger partial charge in [0.05, 0.1) is 18.8 Å². The van der Waals surface area contributed by atoms with E-state index < -0.39 is 17.8 Å². The number of hydrogen-bond acceptors (Lipinski definition) is 5. The average molecular weight is 282 g/mol. The van der Waals surface area contributed by atoms with Crippen molar-refractivity contribution in [3.63, 3.8) is 0 Å². The van der Waals surface area contributed by atoms with Gasteiger partial charge in [-0.3, -0.25) is 10.3 Å². The Morgan fingerprint density at radius 3 is 2.50 bits per heavy atom. The van der Waals surface area contributed by atoms with Gasteiger partial charge in [-0.2, -0.15) is 0 Å². The molecule has 0 fully saturated rings. The van der Waals surface area contributed by atoms with Crippen molar-refractivity contribution in [1.29, 1.82) is 0 Å². The Hall–Kier alpha value is -1.79. The van der Waals surface area contributed by atoms with Crippen LogP contribution in [0.15, 0.2) is 30.3 Å². The number of carbonyl (C=O) groups excluding carboxylic acids is 1. The van der Waals surface area contributed by atoms with Crippen molar-refractivity contribution in [3.8, 4) is 0 Å². The zero-order valence-corrected chi connectivity index (χ0v) is 12.1. The molecule has 0 heterocycles. The van der Waals surface area contributed by atoms with Gasteiger partial charge in [0.2, 0.25) is 0 Å². The number of aliphatic hydroxyl groups is 1. The van der Waals surface area contributed by atoms with E-state index in [1.165, 1.54) is 0 Å². The van der Waals surface area contributed by atoms with Crippen LogP contribution in [0.4, 0.5) is 10.5 Å². The van der Waals surface area contributed by atoms with Crippen LogP contribution in [-0.4, -0.2) is 36.1 Å². The van der Waals surface area contributed by atoms with Crippen LogP contribution in [0.1, 0.15) is 20.8 Å². The lowest BCUT2D eigenvalue weighted by Crippen LogP contribution is -2.39. The van der Waals surface area contributed by atoms with Crippen LogP contribution in [0.25, 0.3) is 0 Å². The summed E-state index contributed by atoms with van der Waals surface area (Å²) < 4.78 is 5.09. The van der Waals surface area contributed by atoms with Crippen LogP contribution in [0, 0.1) is 0 Å². The third-order valence-corrected chi connectivity index (χ3v) is 2.19. The highest BCUT2D eigenvalue weighted by Crippen LogP contribution is 2.07. The number of ether oxygens (including phenoxy) is 1. The molecule has 0 radical (unpaired) electrons. The van der Waals surface area contributed by atoms with E-state index in [-0.39, 0.29) is 13.2 Å². The van der Waals surface area contributed by atoms with E-state index >= 15 is 0 Å². The lowest BCUT2D eigenvalue weighted by atomic mass is 10.2. The summed E-state index contributed by atoms with van der Waals surface area (Å²) in [5.41, 5.74) is 2.93. The Balaban J connectivity index is 2.31. The van der Waals surface area contributed by atoms with E-state index in [2.05, 4.69) is 10.8 Å². The molecule has 0 spiro atoms. The van der Waals surface area contributed by atoms with Crippen LogP contribution in [0.5, 0.6) is 0 Å². The first kappa shape index (κ1) is 16.3. The van der Waals surface area contributed by atoms with Gasteiger partial charge in [0.1, 0.15) is 11.7 Å². The first-order valence-electron chi connectivity index (χ1n) is 6.45. The zero-order chi connectivity index (χ0) is 15.0. The smallest absolute Gasteiger partial charge is 0.407 e. The standard InChI is InChI=1S/C14H22N2O4/c1-14(2,3)19-13(18)15-9-12(10-17)20-16-11-7-5-4-6-8-11/h4-8,12,16-17H,9-10H2,1-3H3,(H,15,18). The molecule has 1 rings (SSSR count). The molecular formula is C14H22N2O4. The third kappa shape index (κ3) is 6.96. The summed E-state index contributed by atoms with van der Waals surface area (Å²) in [4.78, 5) is 16.7. The number of rotatable bonds is 6. The van der Waals surface area contributed by atoms with Gasteiger partial charge < -0.3 is 15.2 Å². The number of nitrogens with one attached hydrogen (secondary N) is 2. The molecule has 1 atom stereocenters. The summed E-state index contributed by atoms with van der Waals surface area (Å²) in [5, 5.41) is 11.7. The fraction of sp³-hybridized carbons (Fsp3) is 0.500. The molecule has 3 N–H and O–H groups in total. The predicted molar refractivity (Wildman–Crippen MR) is 76.3 cm³/mol. The molecule has 0 aliphatic carbocycles. The molecule has 0 aromatic heterocycles. The average Bonchev–Trinajstić information content (AvgIpc) is 2.38. The van der Waals surface area contributed by atoms with Crippen LogP contribution in [0.2, 0.25) is 0 Å². The van der Waals surface area contributed by atoms with Crippen molar-refractivity contribution >= 4 is 11.8 Å². The molecule has 0 aliphatic heterocycles. The van der Waals surface area contributed by atoms with E-state index in [1.807, 2.05) is 30.3 Å². The summed E-state index contributed by atoms with van der Waals surface area (Å²) in [6.07, 6.45) is -1.11. The summed E-state index contributed by atoms with van der Waals surface area (Å²) in [6, 6.07) is 9.27. The van der Waals surface area contributed by atoms with Crippen molar-refractivity contribution < 1.29 is 19.5 Å². The van der Waals surface area contributed by atoms with Gasteiger partial charge in [-0.25, -0.2) is 4.79 Å². The number of benzene rings is 1. The minimum absolute atomic E-state index is 0.144. The highest BCUT2D eigenvalue weighted by molar-refractivity contribution is 5.67. The van der Waals surface area contributed by atoms with Crippen LogP contribution < -0.4 is 10.8 Å². The van der Waals surface area contributed by atoms with Crippen LogP contribution in [0.3, 0.4) is 0 Å². The molecule has 6 heteroatoms. The highest BCUT2D eigenvalue weighted by Gasteiger charge is 2.17. The second-order valence-electron chi connectivity index (χ2n) is 5.27. The Kier molecular flexibility index (Phi) is 6.27. The van der Waals surface area contributed by atoms with Gasteiger partial charge in [0.25, 0.3) is 0 Å².